The number of carbonyl (C=O) groups excluding carboxylic acids is 4. The Hall–Kier alpha value is -5.24. The van der Waals surface area contributed by atoms with Gasteiger partial charge in [-0.25, -0.2) is 14.6 Å². The maximum Gasteiger partial charge on any atom is 0.407 e. The van der Waals surface area contributed by atoms with E-state index in [1.54, 1.807) is 0 Å². The molecule has 2 bridgehead atoms. The molecule has 5 aliphatic rings. The Morgan fingerprint density at radius 3 is 1.97 bits per heavy atom. The molecule has 8 rings (SSSR count). The number of imidazole rings is 1. The molecule has 4 N–H and O–H groups in total. The van der Waals surface area contributed by atoms with Crippen molar-refractivity contribution in [2.45, 2.75) is 115 Å². The van der Waals surface area contributed by atoms with Gasteiger partial charge in [0.15, 0.2) is 0 Å². The molecule has 4 amide bonds. The van der Waals surface area contributed by atoms with Gasteiger partial charge in [-0.3, -0.25) is 19.9 Å². The summed E-state index contributed by atoms with van der Waals surface area (Å²) in [5.74, 6) is 1.39. The van der Waals surface area contributed by atoms with Crippen molar-refractivity contribution in [3.63, 3.8) is 0 Å². The molecule has 2 saturated heterocycles. The minimum absolute atomic E-state index is 0.0823. The molecule has 314 valence electrons. The number of hydrogen-bond acceptors (Lipinski definition) is 9. The molecule has 4 heterocycles. The van der Waals surface area contributed by atoms with Crippen LogP contribution in [0.3, 0.4) is 0 Å². The zero-order valence-electron chi connectivity index (χ0n) is 35.0. The summed E-state index contributed by atoms with van der Waals surface area (Å²) in [6, 6.07) is 11.6. The summed E-state index contributed by atoms with van der Waals surface area (Å²) in [6.45, 7) is 9.59. The van der Waals surface area contributed by atoms with E-state index in [4.69, 9.17) is 19.5 Å². The number of rotatable bonds is 11. The van der Waals surface area contributed by atoms with Crippen LogP contribution in [0.5, 0.6) is 0 Å². The second-order valence-corrected chi connectivity index (χ2v) is 17.5. The van der Waals surface area contributed by atoms with E-state index >= 15 is 0 Å². The molecule has 7 unspecified atom stereocenters. The maximum absolute atomic E-state index is 13.8. The molecule has 0 radical (unpaired) electrons. The number of amides is 4. The summed E-state index contributed by atoms with van der Waals surface area (Å²) in [7, 11) is 2.61. The lowest BCUT2D eigenvalue weighted by atomic mass is 9.82. The minimum Gasteiger partial charge on any atom is -0.453 e. The highest BCUT2D eigenvalue weighted by Crippen LogP contribution is 2.57. The van der Waals surface area contributed by atoms with Crippen LogP contribution in [0.15, 0.2) is 47.6 Å². The van der Waals surface area contributed by atoms with Crippen molar-refractivity contribution >= 4 is 29.7 Å². The van der Waals surface area contributed by atoms with Gasteiger partial charge >= 0.3 is 12.2 Å². The van der Waals surface area contributed by atoms with Crippen LogP contribution in [0.1, 0.15) is 113 Å². The highest BCUT2D eigenvalue weighted by molar-refractivity contribution is 6.06. The van der Waals surface area contributed by atoms with Crippen LogP contribution in [-0.4, -0.2) is 108 Å². The normalized spacial score (nSPS) is 24.3. The molecule has 2 aromatic carbocycles. The number of likely N-dealkylation sites (tertiary alicyclic amines) is 2. The molecule has 14 nitrogen and oxygen atoms in total. The molecule has 3 fully saturated rings. The fourth-order valence-electron chi connectivity index (χ4n) is 10.3. The summed E-state index contributed by atoms with van der Waals surface area (Å²) in [4.78, 5) is 68.8. The molecule has 0 spiro atoms. The van der Waals surface area contributed by atoms with Gasteiger partial charge in [-0.15, -0.1) is 0 Å². The highest BCUT2D eigenvalue weighted by Gasteiger charge is 2.44. The number of nitrogens with one attached hydrogen (secondary N) is 4. The van der Waals surface area contributed by atoms with Crippen LogP contribution in [0.25, 0.3) is 22.4 Å². The molecular formula is C45H58N8O6. The van der Waals surface area contributed by atoms with Crippen molar-refractivity contribution in [2.24, 2.45) is 16.8 Å². The van der Waals surface area contributed by atoms with Crippen LogP contribution in [-0.2, 0) is 19.1 Å². The molecule has 7 atom stereocenters. The molecule has 14 heteroatoms. The van der Waals surface area contributed by atoms with Crippen LogP contribution in [0, 0.1) is 11.8 Å². The quantitative estimate of drug-likeness (QED) is 0.177. The molecule has 2 aliphatic carbocycles. The van der Waals surface area contributed by atoms with Gasteiger partial charge in [0.1, 0.15) is 24.1 Å². The van der Waals surface area contributed by atoms with E-state index in [0.29, 0.717) is 31.5 Å². The number of hydrogen-bond donors (Lipinski definition) is 4. The van der Waals surface area contributed by atoms with Crippen molar-refractivity contribution in [3.05, 3.63) is 65.1 Å². The number of benzene rings is 2. The Bertz CT molecular complexity index is 2110. The molecule has 3 aromatic rings. The highest BCUT2D eigenvalue weighted by atomic mass is 16.5. The van der Waals surface area contributed by atoms with Gasteiger partial charge in [0, 0.05) is 25.2 Å². The van der Waals surface area contributed by atoms with E-state index in [1.165, 1.54) is 61.3 Å². The van der Waals surface area contributed by atoms with Gasteiger partial charge in [-0.05, 0) is 96.4 Å². The lowest BCUT2D eigenvalue weighted by molar-refractivity contribution is -0.136. The number of alkyl carbamates (subject to hydrolysis) is 2. The van der Waals surface area contributed by atoms with E-state index in [0.717, 1.165) is 48.5 Å². The largest absolute Gasteiger partial charge is 0.453 e. The van der Waals surface area contributed by atoms with Crippen molar-refractivity contribution in [3.8, 4) is 22.4 Å². The van der Waals surface area contributed by atoms with E-state index < -0.39 is 24.3 Å². The fourth-order valence-corrected chi connectivity index (χ4v) is 10.3. The topological polar surface area (TPSA) is 170 Å². The van der Waals surface area contributed by atoms with E-state index in [-0.39, 0.29) is 41.9 Å². The summed E-state index contributed by atoms with van der Waals surface area (Å²) in [5.41, 5.74) is 9.56. The number of aromatic nitrogens is 2. The van der Waals surface area contributed by atoms with Gasteiger partial charge < -0.3 is 34.9 Å². The first-order valence-corrected chi connectivity index (χ1v) is 21.4. The van der Waals surface area contributed by atoms with E-state index in [9.17, 15) is 19.2 Å². The minimum atomic E-state index is -0.683. The second-order valence-electron chi connectivity index (χ2n) is 17.5. The van der Waals surface area contributed by atoms with Gasteiger partial charge in [-0.1, -0.05) is 64.1 Å². The summed E-state index contributed by atoms with van der Waals surface area (Å²) in [5, 5.41) is 9.11. The lowest BCUT2D eigenvalue weighted by Crippen LogP contribution is -2.55. The zero-order chi connectivity index (χ0) is 41.5. The Labute approximate surface area is 346 Å². The number of H-pyrrole nitrogens is 1. The monoisotopic (exact) mass is 806 g/mol. The standard InChI is InChI=1S/C45H58N8O6/c1-24(2)38(50-44(56)58-5)42(54)52-19-7-9-34(52)40-46-22-32(48-40)27-13-11-26(12-14-27)30-17-18-31(37-29-16-15-28(21-29)36(30)37)33-23-47-41(49-33)35-10-8-20-53(35)43(55)39(25(3)4)51-45(57)59-6/h11-14,17-18,22,24-25,28-29,34-35,38-39,41,47H,7-10,15-16,19-21,23H2,1-6H3,(H,46,48)(H,50,56)(H,51,57). The Morgan fingerprint density at radius 1 is 0.746 bits per heavy atom. The average molecular weight is 807 g/mol. The number of fused-ring (bicyclic) bond motifs is 5. The maximum atomic E-state index is 13.8. The number of aliphatic imine (C=N–C) groups is 1. The SMILES string of the molecule is COC(=O)NC(C(=O)N1CCCC1c1ncc(-c2ccc(-c3ccc(C4=NC(C5CCCN5C(=O)C(NC(=O)OC)C(C)C)NC4)c4c3C3CCC4C3)cc2)[nH]1)C(C)C. The summed E-state index contributed by atoms with van der Waals surface area (Å²) >= 11 is 0. The van der Waals surface area contributed by atoms with Crippen LogP contribution < -0.4 is 16.0 Å². The average Bonchev–Trinajstić information content (AvgIpc) is 4.10. The molecule has 3 aliphatic heterocycles. The van der Waals surface area contributed by atoms with Gasteiger partial charge in [0.05, 0.1) is 43.9 Å². The third kappa shape index (κ3) is 7.71. The van der Waals surface area contributed by atoms with Gasteiger partial charge in [0.25, 0.3) is 0 Å². The first-order chi connectivity index (χ1) is 28.5. The fraction of sp³-hybridized carbons (Fsp3) is 0.556. The number of nitrogens with zero attached hydrogens (tertiary/aromatic N) is 4. The van der Waals surface area contributed by atoms with Gasteiger partial charge in [0.2, 0.25) is 11.8 Å². The molecule has 1 aromatic heterocycles. The van der Waals surface area contributed by atoms with Crippen LogP contribution in [0.4, 0.5) is 9.59 Å². The number of methoxy groups -OCH3 is 2. The van der Waals surface area contributed by atoms with E-state index in [1.807, 2.05) is 43.7 Å². The van der Waals surface area contributed by atoms with Crippen molar-refractivity contribution in [1.82, 2.24) is 35.7 Å². The summed E-state index contributed by atoms with van der Waals surface area (Å²) < 4.78 is 9.60. The molecule has 1 saturated carbocycles. The lowest BCUT2D eigenvalue weighted by Gasteiger charge is -2.32. The van der Waals surface area contributed by atoms with E-state index in [2.05, 4.69) is 57.3 Å². The Kier molecular flexibility index (Phi) is 11.5. The Balaban J connectivity index is 1.00. The number of ether oxygens (including phenoxy) is 2. The summed E-state index contributed by atoms with van der Waals surface area (Å²) in [6.07, 6.45) is 7.39. The third-order valence-electron chi connectivity index (χ3n) is 13.3. The number of aromatic amines is 1. The molecule has 59 heavy (non-hydrogen) atoms. The Morgan fingerprint density at radius 2 is 1.32 bits per heavy atom. The third-order valence-corrected chi connectivity index (χ3v) is 13.3. The predicted octanol–water partition coefficient (Wildman–Crippen LogP) is 6.24. The van der Waals surface area contributed by atoms with Crippen LogP contribution >= 0.6 is 0 Å². The van der Waals surface area contributed by atoms with Crippen LogP contribution in [0.2, 0.25) is 0 Å². The van der Waals surface area contributed by atoms with Gasteiger partial charge in [-0.2, -0.15) is 0 Å². The first-order valence-electron chi connectivity index (χ1n) is 21.4. The first kappa shape index (κ1) is 40.5. The smallest absolute Gasteiger partial charge is 0.407 e. The van der Waals surface area contributed by atoms with Crippen molar-refractivity contribution < 1.29 is 28.7 Å². The van der Waals surface area contributed by atoms with Crippen molar-refractivity contribution in [1.29, 1.82) is 0 Å². The molecular weight excluding hydrogens is 749 g/mol. The predicted molar refractivity (Wildman–Crippen MR) is 224 cm³/mol. The van der Waals surface area contributed by atoms with Crippen molar-refractivity contribution in [2.75, 3.05) is 33.9 Å². The number of carbonyl (C=O) groups is 4. The second kappa shape index (κ2) is 16.8. The zero-order valence-corrected chi connectivity index (χ0v) is 35.0.